The number of halogens is 3. The molecular weight excluding hydrogens is 367 g/mol. The number of alkyl halides is 3. The first-order valence-corrected chi connectivity index (χ1v) is 9.42. The molecule has 2 atom stereocenters. The number of aromatic nitrogens is 1. The Balaban J connectivity index is 2.08. The first kappa shape index (κ1) is 20.3. The maximum absolute atomic E-state index is 13.0. The molecule has 4 nitrogen and oxygen atoms in total. The smallest absolute Gasteiger partial charge is 0.366 e. The summed E-state index contributed by atoms with van der Waals surface area (Å²) >= 11 is 0. The lowest BCUT2D eigenvalue weighted by molar-refractivity contribution is -0.175. The summed E-state index contributed by atoms with van der Waals surface area (Å²) in [7, 11) is 0. The fraction of sp³-hybridized carbons (Fsp3) is 0.429. The van der Waals surface area contributed by atoms with Crippen LogP contribution < -0.4 is 11.5 Å². The molecule has 1 aliphatic rings. The molecule has 0 aliphatic heterocycles. The quantitative estimate of drug-likeness (QED) is 0.785. The Hall–Kier alpha value is -2.41. The summed E-state index contributed by atoms with van der Waals surface area (Å²) in [4.78, 5) is 16.7. The third kappa shape index (κ3) is 4.04. The van der Waals surface area contributed by atoms with E-state index in [0.717, 1.165) is 16.5 Å². The topological polar surface area (TPSA) is 82.0 Å². The van der Waals surface area contributed by atoms with Crippen molar-refractivity contribution in [2.45, 2.75) is 44.7 Å². The van der Waals surface area contributed by atoms with E-state index in [-0.39, 0.29) is 18.8 Å². The molecule has 1 aromatic heterocycles. The van der Waals surface area contributed by atoms with Gasteiger partial charge in [0, 0.05) is 16.9 Å². The van der Waals surface area contributed by atoms with Gasteiger partial charge >= 0.3 is 6.18 Å². The molecule has 1 aromatic carbocycles. The number of amides is 1. The van der Waals surface area contributed by atoms with Gasteiger partial charge < -0.3 is 11.5 Å². The number of carbonyl (C=O) groups is 1. The van der Waals surface area contributed by atoms with Crippen molar-refractivity contribution in [2.75, 3.05) is 6.54 Å². The highest BCUT2D eigenvalue weighted by Crippen LogP contribution is 2.40. The third-order valence-electron chi connectivity index (χ3n) is 5.43. The van der Waals surface area contributed by atoms with Crippen molar-refractivity contribution in [3.05, 3.63) is 47.2 Å². The zero-order valence-electron chi connectivity index (χ0n) is 15.7. The van der Waals surface area contributed by atoms with Crippen LogP contribution in [0.1, 0.15) is 60.1 Å². The summed E-state index contributed by atoms with van der Waals surface area (Å²) in [6.45, 7) is 2.38. The first-order valence-electron chi connectivity index (χ1n) is 9.42. The van der Waals surface area contributed by atoms with Crippen molar-refractivity contribution < 1.29 is 18.0 Å². The lowest BCUT2D eigenvalue weighted by Crippen LogP contribution is -2.24. The van der Waals surface area contributed by atoms with Crippen LogP contribution in [-0.4, -0.2) is 23.6 Å². The highest BCUT2D eigenvalue weighted by Gasteiger charge is 2.39. The van der Waals surface area contributed by atoms with E-state index in [9.17, 15) is 18.0 Å². The van der Waals surface area contributed by atoms with E-state index >= 15 is 0 Å². The predicted octanol–water partition coefficient (Wildman–Crippen LogP) is 4.53. The number of nitrogens with zero attached hydrogens (tertiary/aromatic N) is 1. The number of hydrogen-bond acceptors (Lipinski definition) is 3. The van der Waals surface area contributed by atoms with Crippen molar-refractivity contribution in [3.63, 3.8) is 0 Å². The molecule has 1 aliphatic carbocycles. The highest BCUT2D eigenvalue weighted by molar-refractivity contribution is 6.00. The number of allylic oxidation sites excluding steroid dienone is 2. The van der Waals surface area contributed by atoms with Crippen molar-refractivity contribution in [3.8, 4) is 0 Å². The van der Waals surface area contributed by atoms with Gasteiger partial charge in [-0.25, -0.2) is 0 Å². The predicted molar refractivity (Wildman–Crippen MR) is 104 cm³/mol. The van der Waals surface area contributed by atoms with Crippen molar-refractivity contribution in [2.24, 2.45) is 17.4 Å². The van der Waals surface area contributed by atoms with Crippen molar-refractivity contribution >= 4 is 22.4 Å². The molecule has 0 saturated heterocycles. The number of primary amides is 1. The van der Waals surface area contributed by atoms with Crippen LogP contribution in [0.4, 0.5) is 13.2 Å². The second-order valence-electron chi connectivity index (χ2n) is 7.38. The lowest BCUT2D eigenvalue weighted by Gasteiger charge is -2.25. The number of hydrogen-bond donors (Lipinski definition) is 2. The van der Waals surface area contributed by atoms with Gasteiger partial charge in [-0.1, -0.05) is 31.2 Å². The van der Waals surface area contributed by atoms with Gasteiger partial charge in [0.1, 0.15) is 0 Å². The maximum atomic E-state index is 13.0. The van der Waals surface area contributed by atoms with Crippen LogP contribution in [0.2, 0.25) is 0 Å². The molecule has 1 heterocycles. The zero-order valence-corrected chi connectivity index (χ0v) is 15.7. The van der Waals surface area contributed by atoms with E-state index in [2.05, 4.69) is 0 Å². The minimum atomic E-state index is -4.17. The fourth-order valence-corrected chi connectivity index (χ4v) is 3.81. The standard InChI is InChI=1S/C21H24F3N3O/c1-12(9-10-25)18-17(20(26)28)11-14-3-2-4-16(19(14)27-18)13-5-7-15(8-6-13)21(22,23)24/h2-5,11-12,15H,6-10,25H2,1H3,(H2,26,28)/t12-,15?/m1/s1. The van der Waals surface area contributed by atoms with Crippen molar-refractivity contribution in [1.29, 1.82) is 0 Å². The number of pyridine rings is 1. The van der Waals surface area contributed by atoms with Crippen LogP contribution >= 0.6 is 0 Å². The Morgan fingerprint density at radius 2 is 2.11 bits per heavy atom. The summed E-state index contributed by atoms with van der Waals surface area (Å²) in [5.74, 6) is -1.90. The molecule has 150 valence electrons. The second-order valence-corrected chi connectivity index (χ2v) is 7.38. The molecule has 1 amide bonds. The minimum absolute atomic E-state index is 0.0228. The summed E-state index contributed by atoms with van der Waals surface area (Å²) < 4.78 is 38.9. The zero-order chi connectivity index (χ0) is 20.5. The number of fused-ring (bicyclic) bond motifs is 1. The van der Waals surface area contributed by atoms with Gasteiger partial charge in [0.15, 0.2) is 0 Å². The van der Waals surface area contributed by atoms with Crippen LogP contribution in [-0.2, 0) is 0 Å². The summed E-state index contributed by atoms with van der Waals surface area (Å²) in [5, 5.41) is 0.744. The van der Waals surface area contributed by atoms with Crippen LogP contribution in [0.25, 0.3) is 16.5 Å². The van der Waals surface area contributed by atoms with Crippen LogP contribution in [0.15, 0.2) is 30.3 Å². The van der Waals surface area contributed by atoms with Gasteiger partial charge in [0.2, 0.25) is 0 Å². The largest absolute Gasteiger partial charge is 0.392 e. The Morgan fingerprint density at radius 1 is 1.36 bits per heavy atom. The molecule has 2 aromatic rings. The Labute approximate surface area is 161 Å². The van der Waals surface area contributed by atoms with E-state index in [1.165, 1.54) is 0 Å². The van der Waals surface area contributed by atoms with E-state index in [1.807, 2.05) is 25.1 Å². The first-order chi connectivity index (χ1) is 13.2. The molecule has 0 radical (unpaired) electrons. The van der Waals surface area contributed by atoms with E-state index in [4.69, 9.17) is 16.5 Å². The molecule has 3 rings (SSSR count). The molecule has 4 N–H and O–H groups in total. The van der Waals surface area contributed by atoms with Gasteiger partial charge in [0.25, 0.3) is 5.91 Å². The molecule has 0 saturated carbocycles. The average Bonchev–Trinajstić information content (AvgIpc) is 2.66. The van der Waals surface area contributed by atoms with E-state index < -0.39 is 18.0 Å². The number of nitrogens with two attached hydrogens (primary N) is 2. The lowest BCUT2D eigenvalue weighted by atomic mass is 9.85. The van der Waals surface area contributed by atoms with E-state index in [1.54, 1.807) is 12.1 Å². The fourth-order valence-electron chi connectivity index (χ4n) is 3.81. The molecule has 7 heteroatoms. The molecule has 28 heavy (non-hydrogen) atoms. The highest BCUT2D eigenvalue weighted by atomic mass is 19.4. The van der Waals surface area contributed by atoms with Crippen LogP contribution in [0.5, 0.6) is 0 Å². The van der Waals surface area contributed by atoms with Gasteiger partial charge in [-0.15, -0.1) is 0 Å². The monoisotopic (exact) mass is 391 g/mol. The molecule has 1 unspecified atom stereocenters. The number of benzene rings is 1. The van der Waals surface area contributed by atoms with Crippen LogP contribution in [0.3, 0.4) is 0 Å². The molecule has 0 spiro atoms. The van der Waals surface area contributed by atoms with E-state index in [0.29, 0.717) is 36.2 Å². The Morgan fingerprint density at radius 3 is 2.68 bits per heavy atom. The van der Waals surface area contributed by atoms with Gasteiger partial charge in [0.05, 0.1) is 22.7 Å². The summed E-state index contributed by atoms with van der Waals surface area (Å²) in [6.07, 6.45) is -1.46. The molecule has 0 fully saturated rings. The van der Waals surface area contributed by atoms with Gasteiger partial charge in [-0.05, 0) is 43.9 Å². The number of para-hydroxylation sites is 1. The maximum Gasteiger partial charge on any atom is 0.392 e. The summed E-state index contributed by atoms with van der Waals surface area (Å²) in [5.41, 5.74) is 14.5. The Kier molecular flexibility index (Phi) is 5.74. The normalized spacial score (nSPS) is 18.8. The Bertz CT molecular complexity index is 921. The molecular formula is C21H24F3N3O. The summed E-state index contributed by atoms with van der Waals surface area (Å²) in [6, 6.07) is 7.25. The molecule has 0 bridgehead atoms. The minimum Gasteiger partial charge on any atom is -0.366 e. The van der Waals surface area contributed by atoms with Gasteiger partial charge in [-0.2, -0.15) is 13.2 Å². The number of carbonyl (C=O) groups excluding carboxylic acids is 1. The SMILES string of the molecule is C[C@H](CCN)c1nc2c(C3=CCC(C(F)(F)F)CC3)cccc2cc1C(N)=O. The van der Waals surface area contributed by atoms with Crippen molar-refractivity contribution in [1.82, 2.24) is 4.98 Å². The number of rotatable bonds is 5. The third-order valence-corrected chi connectivity index (χ3v) is 5.43. The van der Waals surface area contributed by atoms with Gasteiger partial charge in [-0.3, -0.25) is 9.78 Å². The van der Waals surface area contributed by atoms with Crippen LogP contribution in [0, 0.1) is 5.92 Å². The second kappa shape index (κ2) is 7.91. The average molecular weight is 391 g/mol.